The van der Waals surface area contributed by atoms with Crippen LogP contribution in [0.3, 0.4) is 0 Å². The lowest BCUT2D eigenvalue weighted by Crippen LogP contribution is -2.31. The number of hydrogen-bond acceptors (Lipinski definition) is 24. The molecule has 6 atom stereocenters. The first kappa shape index (κ1) is 73.0. The van der Waals surface area contributed by atoms with Crippen molar-refractivity contribution in [1.29, 1.82) is 0 Å². The molecular weight excluding hydrogens is 1100 g/mol. The van der Waals surface area contributed by atoms with E-state index in [2.05, 4.69) is 0 Å². The molecular formula is C54H92O20S4. The van der Waals surface area contributed by atoms with E-state index in [1.54, 1.807) is 74.7 Å². The Morgan fingerprint density at radius 3 is 1.27 bits per heavy atom. The summed E-state index contributed by atoms with van der Waals surface area (Å²) in [5, 5.41) is 0. The van der Waals surface area contributed by atoms with Crippen LogP contribution in [0.5, 0.6) is 0 Å². The molecule has 0 spiro atoms. The molecule has 0 aromatic carbocycles. The predicted molar refractivity (Wildman–Crippen MR) is 300 cm³/mol. The Labute approximate surface area is 480 Å². The van der Waals surface area contributed by atoms with Crippen molar-refractivity contribution in [1.82, 2.24) is 0 Å². The van der Waals surface area contributed by atoms with Crippen LogP contribution in [0, 0.1) is 22.7 Å². The van der Waals surface area contributed by atoms with Gasteiger partial charge in [-0.05, 0) is 128 Å². The number of carbonyl (C=O) groups excluding carboxylic acids is 8. The third-order valence-corrected chi connectivity index (χ3v) is 16.9. The zero-order valence-electron chi connectivity index (χ0n) is 48.1. The van der Waals surface area contributed by atoms with Crippen molar-refractivity contribution >= 4 is 94.8 Å². The summed E-state index contributed by atoms with van der Waals surface area (Å²) in [4.78, 5) is 92.6. The highest BCUT2D eigenvalue weighted by Crippen LogP contribution is 2.25. The van der Waals surface area contributed by atoms with Gasteiger partial charge in [-0.1, -0.05) is 41.5 Å². The molecule has 0 aromatic rings. The molecule has 20 nitrogen and oxygen atoms in total. The number of rotatable bonds is 20. The Morgan fingerprint density at radius 2 is 0.821 bits per heavy atom. The maximum atomic E-state index is 11.8. The molecule has 4 aliphatic heterocycles. The van der Waals surface area contributed by atoms with Crippen molar-refractivity contribution in [2.45, 2.75) is 171 Å². The van der Waals surface area contributed by atoms with Crippen LogP contribution in [0.25, 0.3) is 0 Å². The van der Waals surface area contributed by atoms with Crippen molar-refractivity contribution in [2.24, 2.45) is 22.7 Å². The van der Waals surface area contributed by atoms with E-state index in [0.29, 0.717) is 63.6 Å². The van der Waals surface area contributed by atoms with Crippen LogP contribution >= 0.6 is 47.0 Å². The molecule has 0 saturated carbocycles. The zero-order chi connectivity index (χ0) is 58.2. The number of thioether (sulfide) groups is 4. The van der Waals surface area contributed by atoms with Gasteiger partial charge in [-0.15, -0.1) is 11.8 Å². The van der Waals surface area contributed by atoms with Crippen LogP contribution in [0.1, 0.15) is 146 Å². The third-order valence-electron chi connectivity index (χ3n) is 12.2. The minimum Gasteiger partial charge on any atom is -0.453 e. The molecule has 452 valence electrons. The fourth-order valence-corrected chi connectivity index (χ4v) is 9.98. The quantitative estimate of drug-likeness (QED) is 0.0816. The molecule has 4 saturated heterocycles. The monoisotopic (exact) mass is 1190 g/mol. The van der Waals surface area contributed by atoms with Gasteiger partial charge >= 0.3 is 47.8 Å². The van der Waals surface area contributed by atoms with Gasteiger partial charge in [-0.3, -0.25) is 19.2 Å². The van der Waals surface area contributed by atoms with Crippen molar-refractivity contribution in [3.05, 3.63) is 0 Å². The van der Waals surface area contributed by atoms with Gasteiger partial charge in [0, 0.05) is 12.4 Å². The van der Waals surface area contributed by atoms with E-state index in [1.165, 1.54) is 6.42 Å². The zero-order valence-corrected chi connectivity index (χ0v) is 51.3. The Morgan fingerprint density at radius 1 is 0.462 bits per heavy atom. The van der Waals surface area contributed by atoms with Gasteiger partial charge in [-0.2, -0.15) is 35.3 Å². The highest BCUT2D eigenvalue weighted by molar-refractivity contribution is 8.03. The van der Waals surface area contributed by atoms with Gasteiger partial charge in [0.25, 0.3) is 0 Å². The lowest BCUT2D eigenvalue weighted by atomic mass is 9.91. The van der Waals surface area contributed by atoms with E-state index in [0.717, 1.165) is 73.7 Å². The molecule has 4 fully saturated rings. The van der Waals surface area contributed by atoms with Crippen molar-refractivity contribution in [2.75, 3.05) is 99.7 Å². The van der Waals surface area contributed by atoms with Gasteiger partial charge < -0.3 is 56.8 Å². The maximum absolute atomic E-state index is 11.8. The molecule has 78 heavy (non-hydrogen) atoms. The van der Waals surface area contributed by atoms with E-state index in [9.17, 15) is 38.4 Å². The van der Waals surface area contributed by atoms with Crippen LogP contribution < -0.4 is 0 Å². The van der Waals surface area contributed by atoms with Crippen molar-refractivity contribution in [3.63, 3.8) is 0 Å². The molecule has 0 aromatic heterocycles. The maximum Gasteiger partial charge on any atom is 0.346 e. The van der Waals surface area contributed by atoms with E-state index in [4.69, 9.17) is 56.8 Å². The van der Waals surface area contributed by atoms with Gasteiger partial charge in [0.1, 0.15) is 6.61 Å². The summed E-state index contributed by atoms with van der Waals surface area (Å²) in [5.41, 5.74) is -1.25. The van der Waals surface area contributed by atoms with Crippen LogP contribution in [0.4, 0.5) is 0 Å². The first-order valence-electron chi connectivity index (χ1n) is 27.4. The molecule has 0 aliphatic carbocycles. The standard InChI is InChI=1S/C14H24O5S.C14H24O4S2.C13H22O6.C13H22O5S/c1-4-14(2,3)13(16)18-9-11(15)19-12-10-20-8-6-5-7-17-12;1-4-14(2,3)13(16)17-9-11(15)18-12-10-19-7-5-6-8-20-12;1-3-10(2)13(15)18-8-11(14)19-12-9-16-6-4-5-7-17-12;1-3-10(2)13(15)17-8-11(14)18-12-9-19-7-5-4-6-16-12/h2*12H,4-10H2,1-3H3;2*10,12H,3-9H2,1-2H3. The highest BCUT2D eigenvalue weighted by Gasteiger charge is 2.30. The molecule has 6 unspecified atom stereocenters. The third kappa shape index (κ3) is 35.7. The largest absolute Gasteiger partial charge is 0.453 e. The van der Waals surface area contributed by atoms with E-state index in [1.807, 2.05) is 41.5 Å². The summed E-state index contributed by atoms with van der Waals surface area (Å²) in [7, 11) is 0. The van der Waals surface area contributed by atoms with Crippen LogP contribution in [-0.4, -0.2) is 172 Å². The minimum absolute atomic E-state index is 0.120. The number of carbonyl (C=O) groups is 8. The molecule has 0 radical (unpaired) electrons. The first-order chi connectivity index (χ1) is 37.2. The normalized spacial score (nSPS) is 21.3. The predicted octanol–water partition coefficient (Wildman–Crippen LogP) is 8.73. The summed E-state index contributed by atoms with van der Waals surface area (Å²) >= 11 is 6.87. The van der Waals surface area contributed by atoms with E-state index < -0.39 is 59.5 Å². The topological polar surface area (TPSA) is 247 Å². The molecule has 4 heterocycles. The highest BCUT2D eigenvalue weighted by atomic mass is 32.2. The second-order valence-corrected chi connectivity index (χ2v) is 24.5. The number of esters is 8. The van der Waals surface area contributed by atoms with Gasteiger partial charge in [0.2, 0.25) is 18.9 Å². The summed E-state index contributed by atoms with van der Waals surface area (Å²) in [5.74, 6) is 2.22. The molecule has 0 amide bonds. The SMILES string of the molecule is CCC(C)(C)C(=O)OCC(=O)OC1CSCCCCO1.CCC(C)(C)C(=O)OCC(=O)OC1CSCCCCS1.CCC(C)C(=O)OCC(=O)OC1COCCCCO1.CCC(C)C(=O)OCC(=O)OC1CSCCCCO1. The fourth-order valence-electron chi connectivity index (χ4n) is 5.80. The Balaban J connectivity index is 0.000000520. The fraction of sp³-hybridized carbons (Fsp3) is 0.852. The summed E-state index contributed by atoms with van der Waals surface area (Å²) in [6, 6.07) is 0. The van der Waals surface area contributed by atoms with Crippen molar-refractivity contribution in [3.8, 4) is 0 Å². The second-order valence-electron chi connectivity index (χ2n) is 19.8. The minimum atomic E-state index is -0.713. The molecule has 0 N–H and O–H groups in total. The van der Waals surface area contributed by atoms with Gasteiger partial charge in [0.15, 0.2) is 31.9 Å². The van der Waals surface area contributed by atoms with Crippen LogP contribution in [0.2, 0.25) is 0 Å². The first-order valence-corrected chi connectivity index (χ1v) is 31.9. The average molecular weight is 1190 g/mol. The molecule has 24 heteroatoms. The second kappa shape index (κ2) is 43.7. The summed E-state index contributed by atoms with van der Waals surface area (Å²) in [6.45, 7) is 19.5. The molecule has 4 rings (SSSR count). The number of hydrogen-bond donors (Lipinski definition) is 0. The van der Waals surface area contributed by atoms with Gasteiger partial charge in [0.05, 0.1) is 54.0 Å². The van der Waals surface area contributed by atoms with Crippen LogP contribution in [-0.2, 0) is 95.2 Å². The van der Waals surface area contributed by atoms with E-state index >= 15 is 0 Å². The van der Waals surface area contributed by atoms with Crippen molar-refractivity contribution < 1.29 is 95.2 Å². The Bertz CT molecular complexity index is 1580. The lowest BCUT2D eigenvalue weighted by Gasteiger charge is -2.22. The average Bonchev–Trinajstić information content (AvgIpc) is 3.38. The summed E-state index contributed by atoms with van der Waals surface area (Å²) in [6.07, 6.45) is 9.30. The smallest absolute Gasteiger partial charge is 0.346 e. The number of ether oxygens (including phenoxy) is 12. The Kier molecular flexibility index (Phi) is 40.9. The van der Waals surface area contributed by atoms with Crippen LogP contribution in [0.15, 0.2) is 0 Å². The van der Waals surface area contributed by atoms with E-state index in [-0.39, 0.29) is 68.2 Å². The van der Waals surface area contributed by atoms with Gasteiger partial charge in [-0.25, -0.2) is 19.2 Å². The molecule has 4 aliphatic rings. The lowest BCUT2D eigenvalue weighted by molar-refractivity contribution is -0.200. The summed E-state index contributed by atoms with van der Waals surface area (Å²) < 4.78 is 61.9. The molecule has 0 bridgehead atoms. The Hall–Kier alpha value is -3.00.